The summed E-state index contributed by atoms with van der Waals surface area (Å²) < 4.78 is 7.70. The van der Waals surface area contributed by atoms with Gasteiger partial charge >= 0.3 is 0 Å². The first-order chi connectivity index (χ1) is 8.47. The van der Waals surface area contributed by atoms with Gasteiger partial charge in [0.05, 0.1) is 6.20 Å². The molecule has 0 radical (unpaired) electrons. The van der Waals surface area contributed by atoms with Gasteiger partial charge in [-0.3, -0.25) is 4.68 Å². The molecule has 0 saturated heterocycles. The van der Waals surface area contributed by atoms with Crippen LogP contribution < -0.4 is 4.74 Å². The van der Waals surface area contributed by atoms with Crippen LogP contribution in [-0.4, -0.2) is 9.78 Å². The molecule has 1 heterocycles. The molecule has 0 aliphatic rings. The van der Waals surface area contributed by atoms with E-state index in [-0.39, 0.29) is 5.41 Å². The summed E-state index contributed by atoms with van der Waals surface area (Å²) in [5, 5.41) is 4.14. The van der Waals surface area contributed by atoms with Crippen LogP contribution in [0.3, 0.4) is 0 Å². The van der Waals surface area contributed by atoms with Crippen LogP contribution in [0.5, 0.6) is 5.75 Å². The fourth-order valence-electron chi connectivity index (χ4n) is 1.92. The van der Waals surface area contributed by atoms with E-state index in [0.717, 1.165) is 11.3 Å². The van der Waals surface area contributed by atoms with Crippen molar-refractivity contribution in [3.05, 3.63) is 47.8 Å². The highest BCUT2D eigenvalue weighted by molar-refractivity contribution is 5.38. The third-order valence-corrected chi connectivity index (χ3v) is 2.85. The van der Waals surface area contributed by atoms with E-state index in [0.29, 0.717) is 6.61 Å². The third kappa shape index (κ3) is 2.92. The van der Waals surface area contributed by atoms with Gasteiger partial charge in [-0.15, -0.1) is 0 Å². The highest BCUT2D eigenvalue weighted by Crippen LogP contribution is 2.31. The maximum atomic E-state index is 5.91. The molecule has 3 nitrogen and oxygen atoms in total. The normalized spacial score (nSPS) is 11.6. The summed E-state index contributed by atoms with van der Waals surface area (Å²) in [4.78, 5) is 0. The second-order valence-corrected chi connectivity index (χ2v) is 5.56. The molecule has 0 atom stereocenters. The van der Waals surface area contributed by atoms with Gasteiger partial charge in [0.1, 0.15) is 12.4 Å². The zero-order chi connectivity index (χ0) is 13.2. The molecule has 1 aromatic heterocycles. The lowest BCUT2D eigenvalue weighted by Crippen LogP contribution is -2.13. The van der Waals surface area contributed by atoms with Crippen molar-refractivity contribution in [2.75, 3.05) is 0 Å². The number of benzene rings is 1. The predicted octanol–water partition coefficient (Wildman–Crippen LogP) is 3.30. The number of para-hydroxylation sites is 1. The monoisotopic (exact) mass is 244 g/mol. The molecule has 0 amide bonds. The fraction of sp³-hybridized carbons (Fsp3) is 0.400. The van der Waals surface area contributed by atoms with Crippen molar-refractivity contribution < 1.29 is 4.74 Å². The highest BCUT2D eigenvalue weighted by atomic mass is 16.5. The Morgan fingerprint density at radius 2 is 1.94 bits per heavy atom. The first-order valence-corrected chi connectivity index (χ1v) is 6.16. The standard InChI is InChI=1S/C15H20N2O/c1-15(2,3)13-7-5-6-8-14(13)18-11-12-9-16-17(4)10-12/h5-10H,11H2,1-4H3. The fourth-order valence-corrected chi connectivity index (χ4v) is 1.92. The molecule has 0 unspecified atom stereocenters. The summed E-state index contributed by atoms with van der Waals surface area (Å²) in [6, 6.07) is 8.21. The van der Waals surface area contributed by atoms with Gasteiger partial charge < -0.3 is 4.74 Å². The van der Waals surface area contributed by atoms with E-state index in [1.54, 1.807) is 4.68 Å². The average Bonchev–Trinajstić information content (AvgIpc) is 2.72. The van der Waals surface area contributed by atoms with Crippen LogP contribution in [0, 0.1) is 0 Å². The van der Waals surface area contributed by atoms with Crippen LogP contribution >= 0.6 is 0 Å². The van der Waals surface area contributed by atoms with Crippen LogP contribution in [0.15, 0.2) is 36.7 Å². The van der Waals surface area contributed by atoms with Crippen LogP contribution in [0.1, 0.15) is 31.9 Å². The minimum absolute atomic E-state index is 0.0888. The molecule has 0 saturated carbocycles. The first kappa shape index (κ1) is 12.7. The van der Waals surface area contributed by atoms with Gasteiger partial charge in [-0.1, -0.05) is 39.0 Å². The topological polar surface area (TPSA) is 27.1 Å². The molecular formula is C15H20N2O. The lowest BCUT2D eigenvalue weighted by Gasteiger charge is -2.22. The maximum absolute atomic E-state index is 5.91. The third-order valence-electron chi connectivity index (χ3n) is 2.85. The van der Waals surface area contributed by atoms with Crippen molar-refractivity contribution in [1.82, 2.24) is 9.78 Å². The van der Waals surface area contributed by atoms with Crippen molar-refractivity contribution in [3.63, 3.8) is 0 Å². The zero-order valence-electron chi connectivity index (χ0n) is 11.5. The van der Waals surface area contributed by atoms with E-state index in [1.807, 2.05) is 31.6 Å². The molecule has 96 valence electrons. The minimum Gasteiger partial charge on any atom is -0.488 e. The second-order valence-electron chi connectivity index (χ2n) is 5.56. The molecule has 0 aliphatic carbocycles. The molecule has 0 bridgehead atoms. The van der Waals surface area contributed by atoms with Gasteiger partial charge in [0, 0.05) is 18.8 Å². The lowest BCUT2D eigenvalue weighted by molar-refractivity contribution is 0.297. The van der Waals surface area contributed by atoms with E-state index >= 15 is 0 Å². The molecule has 0 N–H and O–H groups in total. The first-order valence-electron chi connectivity index (χ1n) is 6.16. The molecule has 2 rings (SSSR count). The van der Waals surface area contributed by atoms with Crippen molar-refractivity contribution in [3.8, 4) is 5.75 Å². The smallest absolute Gasteiger partial charge is 0.123 e. The number of aryl methyl sites for hydroxylation is 1. The molecule has 0 aliphatic heterocycles. The van der Waals surface area contributed by atoms with E-state index in [1.165, 1.54) is 5.56 Å². The van der Waals surface area contributed by atoms with Gasteiger partial charge in [-0.25, -0.2) is 0 Å². The Kier molecular flexibility index (Phi) is 3.41. The number of nitrogens with zero attached hydrogens (tertiary/aromatic N) is 2. The molecule has 1 aromatic carbocycles. The Bertz CT molecular complexity index is 523. The predicted molar refractivity (Wildman–Crippen MR) is 72.7 cm³/mol. The number of hydrogen-bond donors (Lipinski definition) is 0. The van der Waals surface area contributed by atoms with Gasteiger partial charge in [0.25, 0.3) is 0 Å². The van der Waals surface area contributed by atoms with Gasteiger partial charge in [-0.2, -0.15) is 5.10 Å². The highest BCUT2D eigenvalue weighted by Gasteiger charge is 2.18. The van der Waals surface area contributed by atoms with E-state index in [2.05, 4.69) is 38.0 Å². The van der Waals surface area contributed by atoms with E-state index in [9.17, 15) is 0 Å². The van der Waals surface area contributed by atoms with Crippen molar-refractivity contribution in [2.24, 2.45) is 7.05 Å². The number of rotatable bonds is 3. The summed E-state index contributed by atoms with van der Waals surface area (Å²) in [7, 11) is 1.91. The summed E-state index contributed by atoms with van der Waals surface area (Å²) in [5.74, 6) is 0.953. The SMILES string of the molecule is Cn1cc(COc2ccccc2C(C)(C)C)cn1. The molecule has 2 aromatic rings. The van der Waals surface area contributed by atoms with Crippen molar-refractivity contribution >= 4 is 0 Å². The Balaban J connectivity index is 2.14. The summed E-state index contributed by atoms with van der Waals surface area (Å²) in [6.45, 7) is 7.14. The summed E-state index contributed by atoms with van der Waals surface area (Å²) in [5.41, 5.74) is 2.40. The quantitative estimate of drug-likeness (QED) is 0.828. The zero-order valence-corrected chi connectivity index (χ0v) is 11.5. The largest absolute Gasteiger partial charge is 0.488 e. The lowest BCUT2D eigenvalue weighted by atomic mass is 9.86. The van der Waals surface area contributed by atoms with Gasteiger partial charge in [0.2, 0.25) is 0 Å². The molecule has 0 spiro atoms. The molecule has 18 heavy (non-hydrogen) atoms. The van der Waals surface area contributed by atoms with Crippen LogP contribution in [0.2, 0.25) is 0 Å². The summed E-state index contributed by atoms with van der Waals surface area (Å²) in [6.07, 6.45) is 3.80. The molecular weight excluding hydrogens is 224 g/mol. The van der Waals surface area contributed by atoms with Crippen LogP contribution in [0.4, 0.5) is 0 Å². The second kappa shape index (κ2) is 4.84. The van der Waals surface area contributed by atoms with E-state index < -0.39 is 0 Å². The summed E-state index contributed by atoms with van der Waals surface area (Å²) >= 11 is 0. The Morgan fingerprint density at radius 1 is 1.22 bits per heavy atom. The maximum Gasteiger partial charge on any atom is 0.123 e. The van der Waals surface area contributed by atoms with E-state index in [4.69, 9.17) is 4.74 Å². The number of ether oxygens (including phenoxy) is 1. The van der Waals surface area contributed by atoms with Crippen molar-refractivity contribution in [2.45, 2.75) is 32.8 Å². The van der Waals surface area contributed by atoms with Crippen molar-refractivity contribution in [1.29, 1.82) is 0 Å². The Labute approximate surface area is 108 Å². The van der Waals surface area contributed by atoms with Crippen LogP contribution in [-0.2, 0) is 19.1 Å². The average molecular weight is 244 g/mol. The molecule has 3 heteroatoms. The number of aromatic nitrogens is 2. The minimum atomic E-state index is 0.0888. The molecule has 0 fully saturated rings. The van der Waals surface area contributed by atoms with Gasteiger partial charge in [0.15, 0.2) is 0 Å². The number of hydrogen-bond acceptors (Lipinski definition) is 2. The van der Waals surface area contributed by atoms with Gasteiger partial charge in [-0.05, 0) is 17.0 Å². The van der Waals surface area contributed by atoms with Crippen LogP contribution in [0.25, 0.3) is 0 Å². The Morgan fingerprint density at radius 3 is 2.56 bits per heavy atom. The Hall–Kier alpha value is -1.77.